The maximum absolute atomic E-state index is 12.1. The quantitative estimate of drug-likeness (QED) is 0.368. The Bertz CT molecular complexity index is 756. The van der Waals surface area contributed by atoms with Crippen LogP contribution in [-0.4, -0.2) is 27.8 Å². The third-order valence-electron chi connectivity index (χ3n) is 2.61. The predicted octanol–water partition coefficient (Wildman–Crippen LogP) is 0.218. The van der Waals surface area contributed by atoms with Gasteiger partial charge in [0.15, 0.2) is 10.8 Å². The van der Waals surface area contributed by atoms with Gasteiger partial charge in [0.25, 0.3) is 11.5 Å². The molecule has 1 heterocycles. The molecule has 0 atom stereocenters. The van der Waals surface area contributed by atoms with Crippen molar-refractivity contribution in [2.24, 2.45) is 0 Å². The van der Waals surface area contributed by atoms with Crippen LogP contribution < -0.4 is 21.7 Å². The van der Waals surface area contributed by atoms with Gasteiger partial charge in [-0.3, -0.25) is 20.4 Å². The number of aromatic nitrogens is 2. The van der Waals surface area contributed by atoms with E-state index in [9.17, 15) is 9.59 Å². The molecule has 0 bridgehead atoms. The van der Waals surface area contributed by atoms with Gasteiger partial charge in [0, 0.05) is 11.9 Å². The van der Waals surface area contributed by atoms with Crippen LogP contribution in [0, 0.1) is 0 Å². The summed E-state index contributed by atoms with van der Waals surface area (Å²) in [7, 11) is 0. The Morgan fingerprint density at radius 1 is 1.33 bits per heavy atom. The lowest BCUT2D eigenvalue weighted by molar-refractivity contribution is 0.0939. The highest BCUT2D eigenvalue weighted by atomic mass is 32.1. The predicted molar refractivity (Wildman–Crippen MR) is 83.8 cm³/mol. The van der Waals surface area contributed by atoms with Gasteiger partial charge in [-0.05, 0) is 18.3 Å². The van der Waals surface area contributed by atoms with Crippen molar-refractivity contribution in [1.29, 1.82) is 0 Å². The molecule has 0 aliphatic carbocycles. The molecule has 0 fully saturated rings. The van der Waals surface area contributed by atoms with E-state index in [2.05, 4.69) is 32.9 Å². The number of amides is 1. The molecule has 0 spiro atoms. The number of benzene rings is 1. The van der Waals surface area contributed by atoms with Crippen LogP contribution in [-0.2, 0) is 0 Å². The van der Waals surface area contributed by atoms with E-state index < -0.39 is 5.91 Å². The number of hydrazine groups is 1. The second-order valence-corrected chi connectivity index (χ2v) is 4.43. The average molecular weight is 303 g/mol. The van der Waals surface area contributed by atoms with Crippen LogP contribution in [0.15, 0.2) is 41.7 Å². The normalized spacial score (nSPS) is 9.90. The molecule has 1 aromatic carbocycles. The van der Waals surface area contributed by atoms with Crippen LogP contribution in [0.1, 0.15) is 10.5 Å². The van der Waals surface area contributed by atoms with Gasteiger partial charge in [-0.2, -0.15) is 5.10 Å². The second-order valence-electron chi connectivity index (χ2n) is 4.02. The molecule has 2 aromatic rings. The topological polar surface area (TPSA) is 98.9 Å². The zero-order valence-electron chi connectivity index (χ0n) is 11.0. The molecule has 8 heteroatoms. The van der Waals surface area contributed by atoms with Crippen molar-refractivity contribution in [2.45, 2.75) is 0 Å². The number of nitrogens with zero attached hydrogens (tertiary/aromatic N) is 1. The average Bonchev–Trinajstić information content (AvgIpc) is 2.51. The largest absolute Gasteiger partial charge is 0.358 e. The Kier molecular flexibility index (Phi) is 4.62. The van der Waals surface area contributed by atoms with Crippen molar-refractivity contribution in [3.63, 3.8) is 0 Å². The van der Waals surface area contributed by atoms with Crippen molar-refractivity contribution < 1.29 is 4.79 Å². The van der Waals surface area contributed by atoms with Gasteiger partial charge >= 0.3 is 0 Å². The minimum absolute atomic E-state index is 0.101. The Hall–Kier alpha value is -2.74. The van der Waals surface area contributed by atoms with Crippen LogP contribution >= 0.6 is 12.2 Å². The molecule has 0 saturated heterocycles. The molecule has 4 N–H and O–H groups in total. The maximum Gasteiger partial charge on any atom is 0.290 e. The van der Waals surface area contributed by atoms with E-state index in [1.807, 2.05) is 0 Å². The van der Waals surface area contributed by atoms with Crippen LogP contribution in [0.5, 0.6) is 0 Å². The number of carbonyl (C=O) groups excluding carboxylic acids is 1. The summed E-state index contributed by atoms with van der Waals surface area (Å²) in [5.74, 6) is -0.509. The molecule has 0 aliphatic rings. The molecule has 2 rings (SSSR count). The summed E-state index contributed by atoms with van der Waals surface area (Å²) < 4.78 is 0. The Labute approximate surface area is 125 Å². The van der Waals surface area contributed by atoms with Gasteiger partial charge in [0.2, 0.25) is 0 Å². The number of nitrogens with one attached hydrogen (secondary N) is 4. The van der Waals surface area contributed by atoms with Crippen LogP contribution in [0.2, 0.25) is 0 Å². The van der Waals surface area contributed by atoms with Crippen molar-refractivity contribution in [2.75, 3.05) is 6.54 Å². The molecule has 0 saturated carbocycles. The van der Waals surface area contributed by atoms with Crippen molar-refractivity contribution >= 4 is 34.0 Å². The number of aromatic amines is 1. The SMILES string of the molecule is C=CCNC(=S)NNC(=O)c1n[nH]c(=O)c2ccccc12. The Morgan fingerprint density at radius 3 is 2.76 bits per heavy atom. The maximum atomic E-state index is 12.1. The lowest BCUT2D eigenvalue weighted by Crippen LogP contribution is -2.47. The van der Waals surface area contributed by atoms with Gasteiger partial charge < -0.3 is 5.32 Å². The van der Waals surface area contributed by atoms with E-state index in [1.54, 1.807) is 30.3 Å². The van der Waals surface area contributed by atoms with Crippen molar-refractivity contribution in [3.05, 3.63) is 53.0 Å². The number of fused-ring (bicyclic) bond motifs is 1. The first-order valence-corrected chi connectivity index (χ1v) is 6.47. The van der Waals surface area contributed by atoms with Gasteiger partial charge in [0.1, 0.15) is 0 Å². The smallest absolute Gasteiger partial charge is 0.290 e. The number of hydrogen-bond acceptors (Lipinski definition) is 4. The fourth-order valence-corrected chi connectivity index (χ4v) is 1.80. The zero-order valence-corrected chi connectivity index (χ0v) is 11.8. The lowest BCUT2D eigenvalue weighted by Gasteiger charge is -2.10. The van der Waals surface area contributed by atoms with Crippen molar-refractivity contribution in [3.8, 4) is 0 Å². The van der Waals surface area contributed by atoms with Gasteiger partial charge in [-0.1, -0.05) is 24.3 Å². The second kappa shape index (κ2) is 6.62. The minimum atomic E-state index is -0.509. The summed E-state index contributed by atoms with van der Waals surface area (Å²) in [5.41, 5.74) is 4.70. The third-order valence-corrected chi connectivity index (χ3v) is 2.85. The first kappa shape index (κ1) is 14.7. The number of H-pyrrole nitrogens is 1. The highest BCUT2D eigenvalue weighted by Gasteiger charge is 2.13. The van der Waals surface area contributed by atoms with Crippen LogP contribution in [0.25, 0.3) is 10.8 Å². The number of carbonyl (C=O) groups is 1. The molecule has 0 radical (unpaired) electrons. The minimum Gasteiger partial charge on any atom is -0.358 e. The summed E-state index contributed by atoms with van der Waals surface area (Å²) in [6.45, 7) is 4.01. The van der Waals surface area contributed by atoms with E-state index in [0.717, 1.165) is 0 Å². The third kappa shape index (κ3) is 3.42. The van der Waals surface area contributed by atoms with E-state index in [4.69, 9.17) is 12.2 Å². The molecular weight excluding hydrogens is 290 g/mol. The van der Waals surface area contributed by atoms with Crippen molar-refractivity contribution in [1.82, 2.24) is 26.4 Å². The van der Waals surface area contributed by atoms with Gasteiger partial charge in [0.05, 0.1) is 5.39 Å². The van der Waals surface area contributed by atoms with E-state index >= 15 is 0 Å². The highest BCUT2D eigenvalue weighted by molar-refractivity contribution is 7.80. The summed E-state index contributed by atoms with van der Waals surface area (Å²) in [5, 5.41) is 9.97. The number of hydrogen-bond donors (Lipinski definition) is 4. The monoisotopic (exact) mass is 303 g/mol. The molecular formula is C13H13N5O2S. The number of rotatable bonds is 3. The summed E-state index contributed by atoms with van der Waals surface area (Å²) >= 11 is 4.94. The first-order valence-electron chi connectivity index (χ1n) is 6.06. The lowest BCUT2D eigenvalue weighted by atomic mass is 10.1. The highest BCUT2D eigenvalue weighted by Crippen LogP contribution is 2.11. The molecule has 0 aliphatic heterocycles. The summed E-state index contributed by atoms with van der Waals surface area (Å²) in [6.07, 6.45) is 1.63. The van der Waals surface area contributed by atoms with Gasteiger partial charge in [-0.25, -0.2) is 5.10 Å². The Morgan fingerprint density at radius 2 is 2.05 bits per heavy atom. The Balaban J connectivity index is 2.17. The van der Waals surface area contributed by atoms with E-state index in [0.29, 0.717) is 17.3 Å². The fourth-order valence-electron chi connectivity index (χ4n) is 1.67. The molecule has 21 heavy (non-hydrogen) atoms. The molecule has 0 unspecified atom stereocenters. The first-order chi connectivity index (χ1) is 10.1. The molecule has 1 aromatic heterocycles. The summed E-state index contributed by atoms with van der Waals surface area (Å²) in [6, 6.07) is 6.72. The molecule has 108 valence electrons. The van der Waals surface area contributed by atoms with Gasteiger partial charge in [-0.15, -0.1) is 6.58 Å². The standard InChI is InChI=1S/C13H13N5O2S/c1-2-7-14-13(21)18-17-12(20)10-8-5-3-4-6-9(8)11(19)16-15-10/h2-6H,1,7H2,(H,16,19)(H,17,20)(H2,14,18,21). The van der Waals surface area contributed by atoms with E-state index in [-0.39, 0.29) is 16.4 Å². The van der Waals surface area contributed by atoms with Crippen LogP contribution in [0.3, 0.4) is 0 Å². The fraction of sp³-hybridized carbons (Fsp3) is 0.0769. The number of thiocarbonyl (C=S) groups is 1. The summed E-state index contributed by atoms with van der Waals surface area (Å²) in [4.78, 5) is 23.7. The van der Waals surface area contributed by atoms with Crippen LogP contribution in [0.4, 0.5) is 0 Å². The molecule has 7 nitrogen and oxygen atoms in total. The zero-order chi connectivity index (χ0) is 15.2. The molecule has 1 amide bonds. The van der Waals surface area contributed by atoms with E-state index in [1.165, 1.54) is 0 Å².